The van der Waals surface area contributed by atoms with Crippen LogP contribution in [0.2, 0.25) is 0 Å². The summed E-state index contributed by atoms with van der Waals surface area (Å²) in [6.07, 6.45) is 3.44. The van der Waals surface area contributed by atoms with Crippen molar-refractivity contribution in [2.45, 2.75) is 39.7 Å². The molecule has 1 fully saturated rings. The van der Waals surface area contributed by atoms with E-state index in [9.17, 15) is 4.79 Å². The molecule has 12 heteroatoms. The molecule has 0 aromatic carbocycles. The van der Waals surface area contributed by atoms with E-state index in [2.05, 4.69) is 47.8 Å². The fourth-order valence-electron chi connectivity index (χ4n) is 5.09. The zero-order chi connectivity index (χ0) is 27.1. The van der Waals surface area contributed by atoms with Gasteiger partial charge in [0, 0.05) is 43.0 Å². The van der Waals surface area contributed by atoms with Gasteiger partial charge in [-0.25, -0.2) is 14.5 Å². The highest BCUT2D eigenvalue weighted by Gasteiger charge is 2.30. The van der Waals surface area contributed by atoms with Crippen LogP contribution in [-0.2, 0) is 4.79 Å². The minimum absolute atomic E-state index is 0.176. The van der Waals surface area contributed by atoms with Gasteiger partial charge in [0.2, 0.25) is 5.91 Å². The number of amides is 1. The number of pyridine rings is 1. The summed E-state index contributed by atoms with van der Waals surface area (Å²) in [5, 5.41) is 14.4. The van der Waals surface area contributed by atoms with E-state index >= 15 is 0 Å². The van der Waals surface area contributed by atoms with Crippen LogP contribution in [0.4, 0.5) is 5.00 Å². The third-order valence-electron chi connectivity index (χ3n) is 6.89. The Morgan fingerprint density at radius 2 is 2.11 bits per heavy atom. The highest BCUT2D eigenvalue weighted by Crippen LogP contribution is 2.41. The van der Waals surface area contributed by atoms with Gasteiger partial charge in [0.05, 0.1) is 30.7 Å². The maximum atomic E-state index is 12.6. The number of methoxy groups -OCH3 is 1. The van der Waals surface area contributed by atoms with Crippen molar-refractivity contribution in [3.8, 4) is 27.7 Å². The van der Waals surface area contributed by atoms with Crippen molar-refractivity contribution < 1.29 is 9.53 Å². The topological polar surface area (TPSA) is 108 Å². The molecule has 5 rings (SSSR count). The van der Waals surface area contributed by atoms with Crippen LogP contribution in [0.1, 0.15) is 37.9 Å². The van der Waals surface area contributed by atoms with Gasteiger partial charge in [-0.3, -0.25) is 9.89 Å². The number of nitrogens with zero attached hydrogens (tertiary/aromatic N) is 8. The van der Waals surface area contributed by atoms with E-state index in [0.29, 0.717) is 31.0 Å². The first-order valence-electron chi connectivity index (χ1n) is 12.8. The van der Waals surface area contributed by atoms with Crippen LogP contribution in [0.25, 0.3) is 27.6 Å². The van der Waals surface area contributed by atoms with Gasteiger partial charge < -0.3 is 19.4 Å². The largest absolute Gasteiger partial charge is 0.493 e. The number of piperazine rings is 1. The van der Waals surface area contributed by atoms with Crippen molar-refractivity contribution in [3.63, 3.8) is 0 Å². The van der Waals surface area contributed by atoms with Gasteiger partial charge >= 0.3 is 0 Å². The maximum absolute atomic E-state index is 12.6. The fourth-order valence-corrected chi connectivity index (χ4v) is 6.29. The standard InChI is InChI=1S/C26H35N9O2S/c1-15(2)21-22(18-10-19(37-7)24-27-14-28-35(24)12-18)30-31-23(21)25-29-17(4)26(38-25)34-9-8-33(11-16(34)3)20(36)13-32(5)6/h10,12,14-16H,8-9,11,13H2,1-7H3,(H,30,31)/t16-/m1/s1. The van der Waals surface area contributed by atoms with Gasteiger partial charge in [-0.2, -0.15) is 10.2 Å². The molecule has 4 aromatic heterocycles. The Labute approximate surface area is 226 Å². The summed E-state index contributed by atoms with van der Waals surface area (Å²) in [5.74, 6) is 1.02. The molecule has 0 unspecified atom stereocenters. The van der Waals surface area contributed by atoms with E-state index in [-0.39, 0.29) is 17.9 Å². The number of hydrogen-bond donors (Lipinski definition) is 1. The molecular formula is C26H35N9O2S. The number of H-pyrrole nitrogens is 1. The Bertz CT molecular complexity index is 1450. The van der Waals surface area contributed by atoms with Crippen molar-refractivity contribution >= 4 is 27.9 Å². The molecule has 0 radical (unpaired) electrons. The smallest absolute Gasteiger partial charge is 0.236 e. The van der Waals surface area contributed by atoms with Crippen LogP contribution in [-0.4, -0.2) is 98.9 Å². The van der Waals surface area contributed by atoms with Gasteiger partial charge in [-0.1, -0.05) is 25.2 Å². The molecule has 38 heavy (non-hydrogen) atoms. The summed E-state index contributed by atoms with van der Waals surface area (Å²) in [5.41, 5.74) is 5.42. The normalized spacial score (nSPS) is 16.3. The number of rotatable bonds is 7. The van der Waals surface area contributed by atoms with E-state index in [1.807, 2.05) is 36.2 Å². The monoisotopic (exact) mass is 537 g/mol. The summed E-state index contributed by atoms with van der Waals surface area (Å²) < 4.78 is 7.28. The third kappa shape index (κ3) is 4.73. The molecule has 202 valence electrons. The van der Waals surface area contributed by atoms with Gasteiger partial charge in [-0.15, -0.1) is 0 Å². The molecule has 4 aromatic rings. The summed E-state index contributed by atoms with van der Waals surface area (Å²) in [6.45, 7) is 11.2. The van der Waals surface area contributed by atoms with Crippen molar-refractivity contribution in [3.05, 3.63) is 29.8 Å². The molecule has 1 atom stereocenters. The highest BCUT2D eigenvalue weighted by molar-refractivity contribution is 7.19. The van der Waals surface area contributed by atoms with Gasteiger partial charge in [0.15, 0.2) is 11.4 Å². The molecule has 1 saturated heterocycles. The minimum atomic E-state index is 0.176. The second-order valence-corrected chi connectivity index (χ2v) is 11.3. The number of carbonyl (C=O) groups excluding carboxylic acids is 1. The van der Waals surface area contributed by atoms with E-state index < -0.39 is 0 Å². The summed E-state index contributed by atoms with van der Waals surface area (Å²) in [4.78, 5) is 28.1. The van der Waals surface area contributed by atoms with E-state index in [4.69, 9.17) is 14.8 Å². The van der Waals surface area contributed by atoms with Crippen molar-refractivity contribution in [2.75, 3.05) is 52.3 Å². The molecule has 0 saturated carbocycles. The van der Waals surface area contributed by atoms with Crippen LogP contribution in [0, 0.1) is 6.92 Å². The van der Waals surface area contributed by atoms with E-state index in [1.165, 1.54) is 6.33 Å². The lowest BCUT2D eigenvalue weighted by atomic mass is 9.97. The Hall–Kier alpha value is -3.51. The molecule has 1 N–H and O–H groups in total. The number of ether oxygens (including phenoxy) is 1. The molecule has 0 aliphatic carbocycles. The van der Waals surface area contributed by atoms with Gasteiger partial charge in [-0.05, 0) is 39.9 Å². The summed E-state index contributed by atoms with van der Waals surface area (Å²) >= 11 is 1.67. The Morgan fingerprint density at radius 1 is 1.32 bits per heavy atom. The molecule has 0 spiro atoms. The minimum Gasteiger partial charge on any atom is -0.493 e. The number of hydrogen-bond acceptors (Lipinski definition) is 9. The Kier molecular flexibility index (Phi) is 7.10. The lowest BCUT2D eigenvalue weighted by molar-refractivity contribution is -0.132. The van der Waals surface area contributed by atoms with Gasteiger partial charge in [0.1, 0.15) is 16.3 Å². The SMILES string of the molecule is COc1cc(-c2n[nH]c(-c3nc(C)c(N4CCN(C(=O)CN(C)C)C[C@H]4C)s3)c2C(C)C)cn2ncnc12. The molecule has 1 amide bonds. The second kappa shape index (κ2) is 10.3. The fraction of sp³-hybridized carbons (Fsp3) is 0.500. The van der Waals surface area contributed by atoms with Crippen molar-refractivity contribution in [1.82, 2.24) is 39.6 Å². The van der Waals surface area contributed by atoms with E-state index in [0.717, 1.165) is 44.8 Å². The quantitative estimate of drug-likeness (QED) is 0.383. The highest BCUT2D eigenvalue weighted by atomic mass is 32.1. The number of anilines is 1. The number of carbonyl (C=O) groups is 1. The average molecular weight is 538 g/mol. The van der Waals surface area contributed by atoms with Crippen molar-refractivity contribution in [2.24, 2.45) is 0 Å². The maximum Gasteiger partial charge on any atom is 0.236 e. The van der Waals surface area contributed by atoms with Crippen LogP contribution in [0.3, 0.4) is 0 Å². The van der Waals surface area contributed by atoms with Crippen LogP contribution in [0.5, 0.6) is 5.75 Å². The lowest BCUT2D eigenvalue weighted by Crippen LogP contribution is -2.55. The predicted molar refractivity (Wildman–Crippen MR) is 149 cm³/mol. The molecule has 1 aliphatic rings. The van der Waals surface area contributed by atoms with E-state index in [1.54, 1.807) is 23.0 Å². The number of aromatic nitrogens is 6. The Morgan fingerprint density at radius 3 is 2.79 bits per heavy atom. The number of aryl methyl sites for hydroxylation is 1. The zero-order valence-electron chi connectivity index (χ0n) is 23.0. The molecule has 1 aliphatic heterocycles. The molecule has 11 nitrogen and oxygen atoms in total. The number of fused-ring (bicyclic) bond motifs is 1. The Balaban J connectivity index is 1.46. The average Bonchev–Trinajstić information content (AvgIpc) is 3.60. The predicted octanol–water partition coefficient (Wildman–Crippen LogP) is 3.28. The van der Waals surface area contributed by atoms with Gasteiger partial charge in [0.25, 0.3) is 0 Å². The number of aromatic amines is 1. The number of nitrogens with one attached hydrogen (secondary N) is 1. The summed E-state index contributed by atoms with van der Waals surface area (Å²) in [6, 6.07) is 2.15. The first kappa shape index (κ1) is 26.1. The van der Waals surface area contributed by atoms with Crippen LogP contribution >= 0.6 is 11.3 Å². The lowest BCUT2D eigenvalue weighted by Gasteiger charge is -2.41. The van der Waals surface area contributed by atoms with Crippen molar-refractivity contribution in [1.29, 1.82) is 0 Å². The zero-order valence-corrected chi connectivity index (χ0v) is 23.8. The van der Waals surface area contributed by atoms with Crippen LogP contribution in [0.15, 0.2) is 18.6 Å². The summed E-state index contributed by atoms with van der Waals surface area (Å²) in [7, 11) is 5.48. The molecule has 0 bridgehead atoms. The third-order valence-corrected chi connectivity index (χ3v) is 8.11. The first-order valence-corrected chi connectivity index (χ1v) is 13.6. The molecular weight excluding hydrogens is 502 g/mol. The number of likely N-dealkylation sites (N-methyl/N-ethyl adjacent to an activating group) is 1. The number of thiazole rings is 1. The molecule has 5 heterocycles. The van der Waals surface area contributed by atoms with Crippen LogP contribution < -0.4 is 9.64 Å². The second-order valence-electron chi connectivity index (χ2n) is 10.4. The first-order chi connectivity index (χ1) is 18.2.